The molecule has 204 valence electrons. The molecule has 1 aromatic carbocycles. The van der Waals surface area contributed by atoms with Crippen molar-refractivity contribution in [3.63, 3.8) is 0 Å². The van der Waals surface area contributed by atoms with E-state index < -0.39 is 5.41 Å². The molecule has 0 spiro atoms. The van der Waals surface area contributed by atoms with Gasteiger partial charge >= 0.3 is 0 Å². The van der Waals surface area contributed by atoms with Crippen LogP contribution in [0, 0.1) is 19.8 Å². The van der Waals surface area contributed by atoms with Crippen molar-refractivity contribution in [1.82, 2.24) is 19.7 Å². The predicted molar refractivity (Wildman–Crippen MR) is 159 cm³/mol. The Labute approximate surface area is 232 Å². The Morgan fingerprint density at radius 2 is 1.68 bits per heavy atom. The molecule has 4 aliphatic rings. The van der Waals surface area contributed by atoms with Gasteiger partial charge in [0.2, 0.25) is 5.91 Å². The average Bonchev–Trinajstić information content (AvgIpc) is 3.47. The number of carbonyl (C=O) groups excluding carboxylic acids is 1. The molecule has 2 aromatic heterocycles. The van der Waals surface area contributed by atoms with Gasteiger partial charge in [-0.2, -0.15) is 0 Å². The number of thiophene rings is 1. The Bertz CT molecular complexity index is 1300. The number of fused-ring (bicyclic) bond motifs is 4. The molecule has 5 heterocycles. The van der Waals surface area contributed by atoms with Crippen LogP contribution in [0.3, 0.4) is 0 Å². The van der Waals surface area contributed by atoms with Gasteiger partial charge in [-0.1, -0.05) is 17.2 Å². The molecule has 3 saturated heterocycles. The molecule has 0 radical (unpaired) electrons. The summed E-state index contributed by atoms with van der Waals surface area (Å²) >= 11 is 1.79. The van der Waals surface area contributed by atoms with E-state index in [0.717, 1.165) is 45.7 Å². The zero-order valence-corrected chi connectivity index (χ0v) is 24.7. The Balaban J connectivity index is 1.33. The summed E-state index contributed by atoms with van der Waals surface area (Å²) in [6, 6.07) is 9.66. The van der Waals surface area contributed by atoms with E-state index in [0.29, 0.717) is 17.9 Å². The van der Waals surface area contributed by atoms with Crippen LogP contribution in [0.25, 0.3) is 21.5 Å². The maximum absolute atomic E-state index is 13.9. The van der Waals surface area contributed by atoms with Gasteiger partial charge in [-0.05, 0) is 102 Å². The van der Waals surface area contributed by atoms with Gasteiger partial charge in [-0.25, -0.2) is 0 Å². The number of amides is 1. The van der Waals surface area contributed by atoms with Gasteiger partial charge in [0, 0.05) is 55.6 Å². The summed E-state index contributed by atoms with van der Waals surface area (Å²) in [6.45, 7) is 15.3. The molecule has 1 aliphatic carbocycles. The highest BCUT2D eigenvalue weighted by Crippen LogP contribution is 2.43. The maximum atomic E-state index is 13.9. The van der Waals surface area contributed by atoms with Crippen molar-refractivity contribution in [2.24, 2.45) is 5.92 Å². The largest absolute Gasteiger partial charge is 0.346 e. The Kier molecular flexibility index (Phi) is 6.94. The molecule has 4 fully saturated rings. The number of aromatic amines is 1. The fraction of sp³-hybridized carbons (Fsp3) is 0.594. The minimum Gasteiger partial charge on any atom is -0.346 e. The lowest BCUT2D eigenvalue weighted by Gasteiger charge is -2.47. The van der Waals surface area contributed by atoms with E-state index in [1.54, 1.807) is 11.3 Å². The summed E-state index contributed by atoms with van der Waals surface area (Å²) in [5.41, 5.74) is 6.04. The topological polar surface area (TPSA) is 42.6 Å². The van der Waals surface area contributed by atoms with Crippen LogP contribution in [0.15, 0.2) is 24.3 Å². The molecule has 3 aromatic rings. The summed E-state index contributed by atoms with van der Waals surface area (Å²) < 4.78 is 0. The van der Waals surface area contributed by atoms with Crippen molar-refractivity contribution in [2.45, 2.75) is 71.3 Å². The zero-order chi connectivity index (χ0) is 26.6. The van der Waals surface area contributed by atoms with E-state index in [-0.39, 0.29) is 0 Å². The van der Waals surface area contributed by atoms with Crippen molar-refractivity contribution in [3.05, 3.63) is 45.8 Å². The third-order valence-electron chi connectivity index (χ3n) is 9.51. The standard InChI is InChI=1S/C32H44N4OS/c1-21-16-22(2)18-24(17-21)29-26(10-11-35-14-12-34(5)13-15-35)27-19-28(38-30(27)33-29)32(3,4)31(37)36-20-23-6-8-25(36)9-7-23/h16-19,23,25,33H,6-15,20H2,1-5H3. The monoisotopic (exact) mass is 532 g/mol. The summed E-state index contributed by atoms with van der Waals surface area (Å²) in [4.78, 5) is 27.4. The number of carbonyl (C=O) groups is 1. The number of likely N-dealkylation sites (N-methyl/N-ethyl adjacent to an activating group) is 1. The number of aromatic nitrogens is 1. The van der Waals surface area contributed by atoms with E-state index in [4.69, 9.17) is 0 Å². The Hall–Kier alpha value is -2.15. The highest BCUT2D eigenvalue weighted by atomic mass is 32.1. The van der Waals surface area contributed by atoms with E-state index in [2.05, 4.69) is 78.7 Å². The van der Waals surface area contributed by atoms with Crippen molar-refractivity contribution < 1.29 is 4.79 Å². The lowest BCUT2D eigenvalue weighted by molar-refractivity contribution is -0.143. The van der Waals surface area contributed by atoms with Gasteiger partial charge in [0.05, 0.1) is 11.1 Å². The van der Waals surface area contributed by atoms with Crippen LogP contribution < -0.4 is 0 Å². The van der Waals surface area contributed by atoms with Crippen molar-refractivity contribution in [1.29, 1.82) is 0 Å². The van der Waals surface area contributed by atoms with Crippen molar-refractivity contribution in [2.75, 3.05) is 46.3 Å². The van der Waals surface area contributed by atoms with Crippen LogP contribution in [0.5, 0.6) is 0 Å². The first-order valence-corrected chi connectivity index (χ1v) is 15.5. The number of hydrogen-bond acceptors (Lipinski definition) is 4. The zero-order valence-electron chi connectivity index (χ0n) is 23.9. The number of piperazine rings is 1. The van der Waals surface area contributed by atoms with E-state index in [1.807, 2.05) is 0 Å². The minimum atomic E-state index is -0.503. The van der Waals surface area contributed by atoms with Crippen molar-refractivity contribution in [3.8, 4) is 11.3 Å². The van der Waals surface area contributed by atoms with Gasteiger partial charge in [0.1, 0.15) is 4.83 Å². The van der Waals surface area contributed by atoms with Gasteiger partial charge in [-0.15, -0.1) is 11.3 Å². The van der Waals surface area contributed by atoms with Crippen LogP contribution in [-0.4, -0.2) is 77.9 Å². The number of nitrogens with zero attached hydrogens (tertiary/aromatic N) is 3. The third kappa shape index (κ3) is 4.84. The quantitative estimate of drug-likeness (QED) is 0.425. The van der Waals surface area contributed by atoms with Crippen LogP contribution in [-0.2, 0) is 16.6 Å². The lowest BCUT2D eigenvalue weighted by atomic mass is 9.78. The first kappa shape index (κ1) is 26.1. The molecule has 0 atom stereocenters. The molecule has 3 aliphatic heterocycles. The average molecular weight is 533 g/mol. The fourth-order valence-corrected chi connectivity index (χ4v) is 8.27. The highest BCUT2D eigenvalue weighted by molar-refractivity contribution is 7.19. The first-order chi connectivity index (χ1) is 18.2. The van der Waals surface area contributed by atoms with E-state index in [1.165, 1.54) is 68.7 Å². The number of hydrogen-bond donors (Lipinski definition) is 1. The summed E-state index contributed by atoms with van der Waals surface area (Å²) in [5, 5.41) is 1.31. The second kappa shape index (κ2) is 10.1. The van der Waals surface area contributed by atoms with E-state index in [9.17, 15) is 4.79 Å². The fourth-order valence-electron chi connectivity index (χ4n) is 7.09. The molecule has 0 unspecified atom stereocenters. The number of benzene rings is 1. The van der Waals surface area contributed by atoms with Crippen LogP contribution in [0.2, 0.25) is 0 Å². The molecule has 1 saturated carbocycles. The van der Waals surface area contributed by atoms with Crippen molar-refractivity contribution >= 4 is 27.5 Å². The minimum absolute atomic E-state index is 0.323. The third-order valence-corrected chi connectivity index (χ3v) is 10.9. The molecular weight excluding hydrogens is 488 g/mol. The van der Waals surface area contributed by atoms with E-state index >= 15 is 0 Å². The molecule has 7 rings (SSSR count). The number of nitrogens with one attached hydrogen (secondary N) is 1. The molecular formula is C32H44N4OS. The van der Waals surface area contributed by atoms with Crippen LogP contribution in [0.1, 0.15) is 61.1 Å². The molecule has 1 N–H and O–H groups in total. The van der Waals surface area contributed by atoms with Gasteiger partial charge in [0.25, 0.3) is 0 Å². The van der Waals surface area contributed by atoms with Crippen LogP contribution in [0.4, 0.5) is 0 Å². The summed E-state index contributed by atoms with van der Waals surface area (Å²) in [6.07, 6.45) is 6.00. The van der Waals surface area contributed by atoms with Gasteiger partial charge < -0.3 is 19.7 Å². The molecule has 6 heteroatoms. The Morgan fingerprint density at radius 1 is 1.00 bits per heavy atom. The number of aryl methyl sites for hydroxylation is 2. The Morgan fingerprint density at radius 3 is 2.32 bits per heavy atom. The van der Waals surface area contributed by atoms with Gasteiger partial charge in [-0.3, -0.25) is 4.79 Å². The maximum Gasteiger partial charge on any atom is 0.233 e. The van der Waals surface area contributed by atoms with Gasteiger partial charge in [0.15, 0.2) is 0 Å². The number of H-pyrrole nitrogens is 1. The SMILES string of the molecule is Cc1cc(C)cc(-c2[nH]c3sc(C(C)(C)C(=O)N4CC5CCC4CC5)cc3c2CCN2CCN(C)CC2)c1. The molecule has 5 nitrogen and oxygen atoms in total. The summed E-state index contributed by atoms with van der Waals surface area (Å²) in [5.74, 6) is 1.03. The second-order valence-electron chi connectivity index (χ2n) is 12.9. The summed E-state index contributed by atoms with van der Waals surface area (Å²) in [7, 11) is 2.22. The number of rotatable bonds is 6. The van der Waals surface area contributed by atoms with Crippen LogP contribution >= 0.6 is 11.3 Å². The molecule has 1 amide bonds. The molecule has 2 bridgehead atoms. The highest BCUT2D eigenvalue weighted by Gasteiger charge is 2.43. The predicted octanol–water partition coefficient (Wildman–Crippen LogP) is 5.98. The molecule has 38 heavy (non-hydrogen) atoms. The second-order valence-corrected chi connectivity index (χ2v) is 13.9. The smallest absolute Gasteiger partial charge is 0.233 e. The first-order valence-electron chi connectivity index (χ1n) is 14.6. The normalized spacial score (nSPS) is 23.0. The lowest BCUT2D eigenvalue weighted by Crippen LogP contribution is -2.55. The number of piperidine rings is 2.